The summed E-state index contributed by atoms with van der Waals surface area (Å²) >= 11 is 0. The van der Waals surface area contributed by atoms with Crippen molar-refractivity contribution < 1.29 is 8.78 Å². The third kappa shape index (κ3) is 5.87. The molecule has 3 rings (SSSR count). The van der Waals surface area contributed by atoms with Crippen molar-refractivity contribution in [1.82, 2.24) is 19.5 Å². The summed E-state index contributed by atoms with van der Waals surface area (Å²) < 4.78 is 29.4. The van der Waals surface area contributed by atoms with Gasteiger partial charge in [0.2, 0.25) is 0 Å². The van der Waals surface area contributed by atoms with Gasteiger partial charge in [0.1, 0.15) is 0 Å². The topological polar surface area (TPSA) is 106 Å². The number of hydrazine groups is 1. The highest BCUT2D eigenvalue weighted by atomic mass is 19.3. The van der Waals surface area contributed by atoms with Crippen LogP contribution in [-0.4, -0.2) is 45.6 Å². The number of hydrogen-bond donors (Lipinski definition) is 2. The Balaban J connectivity index is 1.96. The van der Waals surface area contributed by atoms with E-state index >= 15 is 0 Å². The molecule has 1 fully saturated rings. The molecular formula is C23H33F2N7O. The van der Waals surface area contributed by atoms with Crippen molar-refractivity contribution in [2.24, 2.45) is 11.6 Å². The Kier molecular flexibility index (Phi) is 7.68. The monoisotopic (exact) mass is 461 g/mol. The molecule has 3 heterocycles. The highest BCUT2D eigenvalue weighted by Gasteiger charge is 2.36. The largest absolute Gasteiger partial charge is 0.395 e. The molecule has 0 unspecified atom stereocenters. The maximum atomic E-state index is 14.0. The number of alkyl halides is 2. The zero-order chi connectivity index (χ0) is 24.2. The molecule has 2 aromatic heterocycles. The Morgan fingerprint density at radius 1 is 1.30 bits per heavy atom. The number of halogens is 2. The van der Waals surface area contributed by atoms with Crippen LogP contribution in [-0.2, 0) is 19.4 Å². The highest BCUT2D eigenvalue weighted by molar-refractivity contribution is 5.65. The number of likely N-dealkylation sites (N-methyl/N-ethyl adjacent to an activating group) is 1. The summed E-state index contributed by atoms with van der Waals surface area (Å²) in [4.78, 5) is 22.9. The molecule has 2 aromatic rings. The second-order valence-electron chi connectivity index (χ2n) is 8.46. The van der Waals surface area contributed by atoms with Gasteiger partial charge in [-0.1, -0.05) is 20.3 Å². The summed E-state index contributed by atoms with van der Waals surface area (Å²) in [6.45, 7) is 4.38. The smallest absolute Gasteiger partial charge is 0.269 e. The van der Waals surface area contributed by atoms with Crippen LogP contribution in [0, 0.1) is 0 Å². The number of aromatic nitrogens is 3. The molecule has 0 aromatic carbocycles. The molecule has 0 radical (unpaired) electrons. The molecule has 0 saturated carbocycles. The zero-order valence-corrected chi connectivity index (χ0v) is 19.5. The average molecular weight is 462 g/mol. The molecule has 180 valence electrons. The Labute approximate surface area is 192 Å². The number of pyridine rings is 1. The summed E-state index contributed by atoms with van der Waals surface area (Å²) in [5.74, 6) is 3.36. The van der Waals surface area contributed by atoms with Crippen LogP contribution < -0.4 is 22.0 Å². The van der Waals surface area contributed by atoms with Crippen molar-refractivity contribution in [3.8, 4) is 0 Å². The van der Waals surface area contributed by atoms with Gasteiger partial charge >= 0.3 is 0 Å². The van der Waals surface area contributed by atoms with Gasteiger partial charge in [0.05, 0.1) is 53.4 Å². The maximum absolute atomic E-state index is 14.0. The van der Waals surface area contributed by atoms with Crippen molar-refractivity contribution in [2.75, 3.05) is 25.0 Å². The standard InChI is InChI=1S/C23H33F2N7O/c1-4-7-16-13-32(21(33)12-28-16)14-20(30(3)27)22(26)18-8-9-19(17(5-2)29-18)31-11-6-10-23(24,25)15-31/h8-9,12-13H,4-7,10-11,14-15,26-27H2,1-3H3/b22-20-. The van der Waals surface area contributed by atoms with Gasteiger partial charge in [-0.3, -0.25) is 9.78 Å². The van der Waals surface area contributed by atoms with Gasteiger partial charge in [-0.25, -0.2) is 19.6 Å². The molecule has 1 aliphatic rings. The second kappa shape index (κ2) is 10.3. The van der Waals surface area contributed by atoms with Crippen LogP contribution >= 0.6 is 0 Å². The minimum Gasteiger partial charge on any atom is -0.395 e. The van der Waals surface area contributed by atoms with Gasteiger partial charge in [0.15, 0.2) is 0 Å². The van der Waals surface area contributed by atoms with Crippen molar-refractivity contribution >= 4 is 11.4 Å². The summed E-state index contributed by atoms with van der Waals surface area (Å²) in [6, 6.07) is 3.51. The SMILES string of the molecule is CCCc1cn(C/C(=C(/N)c2ccc(N3CCCC(F)(F)C3)c(CC)n2)N(C)N)c(=O)cn1. The second-order valence-corrected chi connectivity index (χ2v) is 8.46. The van der Waals surface area contributed by atoms with E-state index in [1.165, 1.54) is 15.8 Å². The van der Waals surface area contributed by atoms with Crippen LogP contribution in [0.15, 0.2) is 35.0 Å². The number of allylic oxidation sites excluding steroid dienone is 1. The first kappa shape index (κ1) is 24.6. The molecule has 0 amide bonds. The van der Waals surface area contributed by atoms with E-state index in [9.17, 15) is 13.6 Å². The third-order valence-electron chi connectivity index (χ3n) is 5.79. The van der Waals surface area contributed by atoms with E-state index in [1.807, 2.05) is 13.8 Å². The summed E-state index contributed by atoms with van der Waals surface area (Å²) in [5, 5.41) is 1.37. The molecule has 0 spiro atoms. The van der Waals surface area contributed by atoms with Gasteiger partial charge in [-0.2, -0.15) is 0 Å². The van der Waals surface area contributed by atoms with Gasteiger partial charge in [0.25, 0.3) is 11.5 Å². The molecule has 33 heavy (non-hydrogen) atoms. The molecule has 0 atom stereocenters. The number of hydrogen-bond acceptors (Lipinski definition) is 7. The fourth-order valence-electron chi connectivity index (χ4n) is 4.06. The molecule has 0 aliphatic carbocycles. The third-order valence-corrected chi connectivity index (χ3v) is 5.79. The van der Waals surface area contributed by atoms with Crippen molar-refractivity contribution in [2.45, 2.75) is 58.4 Å². The minimum absolute atomic E-state index is 0.0906. The quantitative estimate of drug-likeness (QED) is 0.460. The van der Waals surface area contributed by atoms with E-state index in [1.54, 1.807) is 30.3 Å². The Morgan fingerprint density at radius 2 is 2.06 bits per heavy atom. The number of piperidine rings is 1. The fraction of sp³-hybridized carbons (Fsp3) is 0.522. The highest BCUT2D eigenvalue weighted by Crippen LogP contribution is 2.32. The van der Waals surface area contributed by atoms with E-state index in [0.29, 0.717) is 47.9 Å². The maximum Gasteiger partial charge on any atom is 0.269 e. The normalized spacial score (nSPS) is 16.5. The lowest BCUT2D eigenvalue weighted by molar-refractivity contribution is -0.0117. The molecule has 4 N–H and O–H groups in total. The Bertz CT molecular complexity index is 1070. The minimum atomic E-state index is -2.70. The first-order valence-electron chi connectivity index (χ1n) is 11.3. The van der Waals surface area contributed by atoms with E-state index in [4.69, 9.17) is 11.6 Å². The zero-order valence-electron chi connectivity index (χ0n) is 19.5. The van der Waals surface area contributed by atoms with Crippen LogP contribution in [0.5, 0.6) is 0 Å². The fourth-order valence-corrected chi connectivity index (χ4v) is 4.06. The van der Waals surface area contributed by atoms with Crippen LogP contribution in [0.2, 0.25) is 0 Å². The number of aryl methyl sites for hydroxylation is 2. The van der Waals surface area contributed by atoms with Crippen molar-refractivity contribution in [1.29, 1.82) is 0 Å². The van der Waals surface area contributed by atoms with Crippen LogP contribution in [0.4, 0.5) is 14.5 Å². The number of nitrogens with zero attached hydrogens (tertiary/aromatic N) is 5. The molecule has 0 bridgehead atoms. The van der Waals surface area contributed by atoms with Gasteiger partial charge in [-0.05, 0) is 31.4 Å². The van der Waals surface area contributed by atoms with E-state index in [-0.39, 0.29) is 25.1 Å². The molecule has 8 nitrogen and oxygen atoms in total. The summed E-state index contributed by atoms with van der Waals surface area (Å²) in [6.07, 6.45) is 5.59. The molecule has 1 aliphatic heterocycles. The number of rotatable bonds is 8. The summed E-state index contributed by atoms with van der Waals surface area (Å²) in [7, 11) is 1.65. The van der Waals surface area contributed by atoms with Crippen molar-refractivity contribution in [3.05, 3.63) is 57.7 Å². The first-order valence-corrected chi connectivity index (χ1v) is 11.3. The van der Waals surface area contributed by atoms with Crippen LogP contribution in [0.3, 0.4) is 0 Å². The Morgan fingerprint density at radius 3 is 2.70 bits per heavy atom. The van der Waals surface area contributed by atoms with Gasteiger partial charge in [0, 0.05) is 26.2 Å². The van der Waals surface area contributed by atoms with Crippen LogP contribution in [0.1, 0.15) is 50.2 Å². The predicted octanol–water partition coefficient (Wildman–Crippen LogP) is 2.52. The predicted molar refractivity (Wildman–Crippen MR) is 126 cm³/mol. The molecule has 1 saturated heterocycles. The average Bonchev–Trinajstić information content (AvgIpc) is 2.77. The lowest BCUT2D eigenvalue weighted by Crippen LogP contribution is -2.43. The van der Waals surface area contributed by atoms with Crippen molar-refractivity contribution in [3.63, 3.8) is 0 Å². The molecular weight excluding hydrogens is 428 g/mol. The van der Waals surface area contributed by atoms with E-state index in [0.717, 1.165) is 18.5 Å². The van der Waals surface area contributed by atoms with E-state index in [2.05, 4.69) is 9.97 Å². The Hall–Kier alpha value is -3.01. The lowest BCUT2D eigenvalue weighted by Gasteiger charge is -2.35. The van der Waals surface area contributed by atoms with E-state index < -0.39 is 5.92 Å². The van der Waals surface area contributed by atoms with Crippen LogP contribution in [0.25, 0.3) is 5.70 Å². The number of nitrogens with two attached hydrogens (primary N) is 2. The van der Waals surface area contributed by atoms with Gasteiger partial charge in [-0.15, -0.1) is 0 Å². The number of anilines is 1. The lowest BCUT2D eigenvalue weighted by atomic mass is 10.1. The molecule has 10 heteroatoms. The first-order chi connectivity index (χ1) is 15.6. The summed E-state index contributed by atoms with van der Waals surface area (Å²) in [5.41, 5.74) is 9.73. The van der Waals surface area contributed by atoms with Gasteiger partial charge < -0.3 is 20.2 Å².